The fourth-order valence-corrected chi connectivity index (χ4v) is 6.96. The summed E-state index contributed by atoms with van der Waals surface area (Å²) < 4.78 is 9.91. The number of hydrogen-bond acceptors (Lipinski definition) is 5. The molecule has 0 unspecified atom stereocenters. The predicted molar refractivity (Wildman–Crippen MR) is 180 cm³/mol. The summed E-state index contributed by atoms with van der Waals surface area (Å²) >= 11 is 7.44. The van der Waals surface area contributed by atoms with Crippen LogP contribution in [0.4, 0.5) is 0 Å². The first-order valence-electron chi connectivity index (χ1n) is 14.7. The summed E-state index contributed by atoms with van der Waals surface area (Å²) in [6, 6.07) is 34.4. The minimum absolute atomic E-state index is 0.205. The monoisotopic (exact) mass is 629 g/mol. The van der Waals surface area contributed by atoms with Crippen LogP contribution in [0.3, 0.4) is 0 Å². The number of aromatic nitrogens is 2. The van der Waals surface area contributed by atoms with Crippen molar-refractivity contribution in [3.8, 4) is 0 Å². The first kappa shape index (κ1) is 28.8. The molecule has 6 nitrogen and oxygen atoms in total. The maximum Gasteiger partial charge on any atom is 0.338 e. The third-order valence-corrected chi connectivity index (χ3v) is 9.10. The summed E-state index contributed by atoms with van der Waals surface area (Å²) in [6.45, 7) is 2.64. The van der Waals surface area contributed by atoms with Gasteiger partial charge in [0.1, 0.15) is 0 Å². The lowest BCUT2D eigenvalue weighted by molar-refractivity contribution is -0.138. The van der Waals surface area contributed by atoms with E-state index >= 15 is 0 Å². The van der Waals surface area contributed by atoms with Gasteiger partial charge in [0.2, 0.25) is 0 Å². The van der Waals surface area contributed by atoms with Crippen LogP contribution in [0.1, 0.15) is 35.2 Å². The molecule has 0 saturated heterocycles. The highest BCUT2D eigenvalue weighted by Crippen LogP contribution is 2.35. The summed E-state index contributed by atoms with van der Waals surface area (Å²) in [5.74, 6) is -0.492. The first-order valence-corrected chi connectivity index (χ1v) is 15.9. The molecule has 0 aliphatic carbocycles. The van der Waals surface area contributed by atoms with Crippen LogP contribution >= 0.6 is 22.9 Å². The van der Waals surface area contributed by atoms with Crippen molar-refractivity contribution in [2.45, 2.75) is 19.5 Å². The average Bonchev–Trinajstić information content (AvgIpc) is 3.58. The number of rotatable bonds is 7. The van der Waals surface area contributed by atoms with Crippen LogP contribution in [0.25, 0.3) is 22.7 Å². The molecule has 0 radical (unpaired) electrons. The summed E-state index contributed by atoms with van der Waals surface area (Å²) in [4.78, 5) is 33.4. The van der Waals surface area contributed by atoms with Crippen molar-refractivity contribution in [2.75, 3.05) is 6.61 Å². The van der Waals surface area contributed by atoms with Crippen LogP contribution in [-0.4, -0.2) is 21.7 Å². The van der Waals surface area contributed by atoms with Gasteiger partial charge in [0.05, 0.1) is 28.5 Å². The Morgan fingerprint density at radius 2 is 1.62 bits per heavy atom. The van der Waals surface area contributed by atoms with Crippen LogP contribution in [-0.2, 0) is 16.1 Å². The highest BCUT2D eigenvalue weighted by Gasteiger charge is 2.35. The van der Waals surface area contributed by atoms with Gasteiger partial charge in [-0.05, 0) is 42.3 Å². The fraction of sp³-hybridized carbons (Fsp3) is 0.108. The van der Waals surface area contributed by atoms with E-state index in [9.17, 15) is 9.59 Å². The zero-order valence-electron chi connectivity index (χ0n) is 24.4. The Hall–Kier alpha value is -4.98. The van der Waals surface area contributed by atoms with Gasteiger partial charge in [0.25, 0.3) is 5.56 Å². The molecule has 8 heteroatoms. The van der Waals surface area contributed by atoms with Crippen LogP contribution in [0, 0.1) is 0 Å². The van der Waals surface area contributed by atoms with Crippen LogP contribution in [0.15, 0.2) is 131 Å². The zero-order chi connectivity index (χ0) is 30.9. The van der Waals surface area contributed by atoms with Crippen molar-refractivity contribution < 1.29 is 9.53 Å². The van der Waals surface area contributed by atoms with Crippen molar-refractivity contribution >= 4 is 51.6 Å². The second-order valence-corrected chi connectivity index (χ2v) is 12.1. The number of benzene rings is 4. The Labute approximate surface area is 268 Å². The number of fused-ring (bicyclic) bond motifs is 2. The molecule has 0 bridgehead atoms. The minimum Gasteiger partial charge on any atom is -0.463 e. The van der Waals surface area contributed by atoms with Gasteiger partial charge in [-0.15, -0.1) is 0 Å². The fourth-order valence-electron chi connectivity index (χ4n) is 5.84. The summed E-state index contributed by atoms with van der Waals surface area (Å²) in [5, 5.41) is 1.73. The Morgan fingerprint density at radius 3 is 2.36 bits per heavy atom. The Kier molecular flexibility index (Phi) is 7.79. The normalized spacial score (nSPS) is 14.8. The SMILES string of the molecule is CCOC(=O)C1=C(c2ccccc2)N=c2s/c(=C\c3cn(Cc4ccc(Cl)cc4)c4ccccc34)c(=O)n2[C@H]1c1ccccc1. The number of para-hydroxylation sites is 1. The molecule has 6 aromatic rings. The van der Waals surface area contributed by atoms with E-state index in [0.29, 0.717) is 32.2 Å². The van der Waals surface area contributed by atoms with E-state index in [2.05, 4.69) is 22.9 Å². The quantitative estimate of drug-likeness (QED) is 0.187. The molecule has 2 aromatic heterocycles. The summed E-state index contributed by atoms with van der Waals surface area (Å²) in [5.41, 5.74) is 5.33. The number of carbonyl (C=O) groups is 1. The van der Waals surface area contributed by atoms with E-state index in [1.807, 2.05) is 103 Å². The molecule has 0 fully saturated rings. The number of esters is 1. The number of halogens is 1. The molecule has 0 amide bonds. The van der Waals surface area contributed by atoms with E-state index in [4.69, 9.17) is 21.3 Å². The predicted octanol–water partition coefficient (Wildman–Crippen LogP) is 6.59. The van der Waals surface area contributed by atoms with Crippen LogP contribution in [0.5, 0.6) is 0 Å². The van der Waals surface area contributed by atoms with Crippen molar-refractivity contribution in [3.05, 3.63) is 168 Å². The van der Waals surface area contributed by atoms with Gasteiger partial charge in [-0.25, -0.2) is 9.79 Å². The molecule has 4 aromatic carbocycles. The highest BCUT2D eigenvalue weighted by atomic mass is 35.5. The second-order valence-electron chi connectivity index (χ2n) is 10.7. The Balaban J connectivity index is 1.44. The molecule has 0 saturated carbocycles. The maximum atomic E-state index is 14.3. The standard InChI is InChI=1S/C37H28ClN3O3S/c1-2-44-36(43)32-33(25-11-5-3-6-12-25)39-37-41(34(32)26-13-7-4-8-14-26)35(42)31(45-37)21-27-23-40(30-16-10-9-15-29(27)30)22-24-17-19-28(38)20-18-24/h3-21,23,34H,2,22H2,1H3/b31-21-/t34-/m0/s1. The summed E-state index contributed by atoms with van der Waals surface area (Å²) in [7, 11) is 0. The molecule has 3 heterocycles. The molecule has 1 aliphatic heterocycles. The number of hydrogen-bond donors (Lipinski definition) is 0. The lowest BCUT2D eigenvalue weighted by Gasteiger charge is -2.25. The van der Waals surface area contributed by atoms with Crippen molar-refractivity contribution in [1.82, 2.24) is 9.13 Å². The lowest BCUT2D eigenvalue weighted by Crippen LogP contribution is -2.39. The number of nitrogens with zero attached hydrogens (tertiary/aromatic N) is 3. The Bertz CT molecular complexity index is 2250. The number of thiazole rings is 1. The molecular weight excluding hydrogens is 602 g/mol. The molecular formula is C37H28ClN3O3S. The van der Waals surface area contributed by atoms with Gasteiger partial charge in [-0.2, -0.15) is 0 Å². The van der Waals surface area contributed by atoms with Gasteiger partial charge in [-0.1, -0.05) is 114 Å². The van der Waals surface area contributed by atoms with Gasteiger partial charge in [-0.3, -0.25) is 9.36 Å². The minimum atomic E-state index is -0.704. The van der Waals surface area contributed by atoms with Crippen LogP contribution < -0.4 is 14.9 Å². The third kappa shape index (κ3) is 5.45. The highest BCUT2D eigenvalue weighted by molar-refractivity contribution is 7.07. The molecule has 7 rings (SSSR count). The molecule has 0 N–H and O–H groups in total. The van der Waals surface area contributed by atoms with Gasteiger partial charge in [0.15, 0.2) is 4.80 Å². The number of ether oxygens (including phenoxy) is 1. The van der Waals surface area contributed by atoms with E-state index in [1.165, 1.54) is 11.3 Å². The third-order valence-electron chi connectivity index (χ3n) is 7.86. The van der Waals surface area contributed by atoms with Crippen molar-refractivity contribution in [3.63, 3.8) is 0 Å². The lowest BCUT2D eigenvalue weighted by atomic mass is 9.93. The van der Waals surface area contributed by atoms with E-state index < -0.39 is 12.0 Å². The van der Waals surface area contributed by atoms with Gasteiger partial charge in [0, 0.05) is 39.8 Å². The molecule has 222 valence electrons. The molecule has 0 spiro atoms. The zero-order valence-corrected chi connectivity index (χ0v) is 26.0. The maximum absolute atomic E-state index is 14.3. The van der Waals surface area contributed by atoms with E-state index in [1.54, 1.807) is 11.5 Å². The van der Waals surface area contributed by atoms with E-state index in [0.717, 1.165) is 33.2 Å². The second kappa shape index (κ2) is 12.2. The smallest absolute Gasteiger partial charge is 0.338 e. The topological polar surface area (TPSA) is 65.6 Å². The Morgan fingerprint density at radius 1 is 0.933 bits per heavy atom. The van der Waals surface area contributed by atoms with Gasteiger partial charge >= 0.3 is 5.97 Å². The molecule has 1 aliphatic rings. The first-order chi connectivity index (χ1) is 22.0. The molecule has 1 atom stereocenters. The summed E-state index contributed by atoms with van der Waals surface area (Å²) in [6.07, 6.45) is 4.01. The average molecular weight is 630 g/mol. The number of carbonyl (C=O) groups excluding carboxylic acids is 1. The van der Waals surface area contributed by atoms with Crippen molar-refractivity contribution in [1.29, 1.82) is 0 Å². The van der Waals surface area contributed by atoms with Gasteiger partial charge < -0.3 is 9.30 Å². The molecule has 45 heavy (non-hydrogen) atoms. The van der Waals surface area contributed by atoms with E-state index in [-0.39, 0.29) is 12.2 Å². The van der Waals surface area contributed by atoms with Crippen LogP contribution in [0.2, 0.25) is 5.02 Å². The van der Waals surface area contributed by atoms with Crippen molar-refractivity contribution in [2.24, 2.45) is 4.99 Å². The largest absolute Gasteiger partial charge is 0.463 e.